The van der Waals surface area contributed by atoms with E-state index in [1.54, 1.807) is 6.07 Å². The summed E-state index contributed by atoms with van der Waals surface area (Å²) in [6.45, 7) is 0. The topological polar surface area (TPSA) is 9.23 Å². The maximum absolute atomic E-state index is 6.05. The van der Waals surface area contributed by atoms with Gasteiger partial charge in [0.05, 0.1) is 0 Å². The van der Waals surface area contributed by atoms with Gasteiger partial charge in [0.15, 0.2) is 0 Å². The van der Waals surface area contributed by atoms with E-state index in [1.165, 1.54) is 0 Å². The fourth-order valence-corrected chi connectivity index (χ4v) is 2.28. The largest absolute Gasteiger partial charge is 0.457 e. The van der Waals surface area contributed by atoms with E-state index in [4.69, 9.17) is 27.9 Å². The maximum Gasteiger partial charge on any atom is 0.128 e. The van der Waals surface area contributed by atoms with E-state index in [9.17, 15) is 0 Å². The monoisotopic (exact) mass is 330 g/mol. The molecule has 0 aliphatic rings. The van der Waals surface area contributed by atoms with Crippen molar-refractivity contribution in [2.24, 2.45) is 0 Å². The molecule has 0 saturated carbocycles. The SMILES string of the molecule is ClCc1ccc(Oc2cccc(Br)c2)cc1Cl. The third kappa shape index (κ3) is 3.38. The highest BCUT2D eigenvalue weighted by molar-refractivity contribution is 9.10. The smallest absolute Gasteiger partial charge is 0.128 e. The summed E-state index contributed by atoms with van der Waals surface area (Å²) < 4.78 is 6.65. The highest BCUT2D eigenvalue weighted by Crippen LogP contribution is 2.28. The molecular weight excluding hydrogens is 323 g/mol. The van der Waals surface area contributed by atoms with Crippen LogP contribution in [0.25, 0.3) is 0 Å². The fourth-order valence-electron chi connectivity index (χ4n) is 1.37. The van der Waals surface area contributed by atoms with Gasteiger partial charge in [0.2, 0.25) is 0 Å². The summed E-state index contributed by atoms with van der Waals surface area (Å²) in [5.41, 5.74) is 0.898. The zero-order valence-corrected chi connectivity index (χ0v) is 11.9. The summed E-state index contributed by atoms with van der Waals surface area (Å²) in [6, 6.07) is 13.1. The summed E-state index contributed by atoms with van der Waals surface area (Å²) in [5.74, 6) is 1.85. The number of halogens is 3. The van der Waals surface area contributed by atoms with Crippen LogP contribution < -0.4 is 4.74 Å². The minimum Gasteiger partial charge on any atom is -0.457 e. The van der Waals surface area contributed by atoms with Gasteiger partial charge in [-0.05, 0) is 35.9 Å². The second kappa shape index (κ2) is 5.76. The molecule has 1 nitrogen and oxygen atoms in total. The summed E-state index contributed by atoms with van der Waals surface area (Å²) >= 11 is 15.2. The van der Waals surface area contributed by atoms with E-state index in [2.05, 4.69) is 15.9 Å². The minimum atomic E-state index is 0.399. The molecule has 0 N–H and O–H groups in total. The van der Waals surface area contributed by atoms with Crippen LogP contribution in [0.2, 0.25) is 5.02 Å². The fraction of sp³-hybridized carbons (Fsp3) is 0.0769. The van der Waals surface area contributed by atoms with Crippen molar-refractivity contribution in [3.05, 3.63) is 57.5 Å². The van der Waals surface area contributed by atoms with E-state index in [0.29, 0.717) is 16.7 Å². The minimum absolute atomic E-state index is 0.399. The molecule has 2 aromatic carbocycles. The van der Waals surface area contributed by atoms with Gasteiger partial charge in [0, 0.05) is 15.4 Å². The quantitative estimate of drug-likeness (QED) is 0.662. The number of ether oxygens (including phenoxy) is 1. The van der Waals surface area contributed by atoms with Crippen LogP contribution in [0.1, 0.15) is 5.56 Å². The summed E-state index contributed by atoms with van der Waals surface area (Å²) in [5, 5.41) is 0.618. The lowest BCUT2D eigenvalue weighted by Crippen LogP contribution is -1.86. The third-order valence-electron chi connectivity index (χ3n) is 2.20. The predicted octanol–water partition coefficient (Wildman–Crippen LogP) is 5.63. The first kappa shape index (κ1) is 12.7. The van der Waals surface area contributed by atoms with Crippen LogP contribution in [0.3, 0.4) is 0 Å². The number of hydrogen-bond acceptors (Lipinski definition) is 1. The summed E-state index contributed by atoms with van der Waals surface area (Å²) in [6.07, 6.45) is 0. The van der Waals surface area contributed by atoms with Crippen molar-refractivity contribution in [3.8, 4) is 11.5 Å². The molecule has 0 heterocycles. The molecule has 0 aliphatic carbocycles. The lowest BCUT2D eigenvalue weighted by molar-refractivity contribution is 0.482. The van der Waals surface area contributed by atoms with E-state index in [1.807, 2.05) is 36.4 Å². The van der Waals surface area contributed by atoms with Gasteiger partial charge in [-0.3, -0.25) is 0 Å². The number of rotatable bonds is 3. The van der Waals surface area contributed by atoms with Crippen molar-refractivity contribution in [3.63, 3.8) is 0 Å². The van der Waals surface area contributed by atoms with Crippen molar-refractivity contribution in [2.75, 3.05) is 0 Å². The van der Waals surface area contributed by atoms with E-state index >= 15 is 0 Å². The standard InChI is InChI=1S/C13H9BrCl2O/c14-10-2-1-3-11(6-10)17-12-5-4-9(8-15)13(16)7-12/h1-7H,8H2. The molecule has 0 spiro atoms. The second-order valence-corrected chi connectivity index (χ2v) is 5.04. The maximum atomic E-state index is 6.05. The van der Waals surface area contributed by atoms with Gasteiger partial charge >= 0.3 is 0 Å². The molecule has 0 radical (unpaired) electrons. The average Bonchev–Trinajstić information content (AvgIpc) is 2.29. The van der Waals surface area contributed by atoms with Gasteiger partial charge in [0.1, 0.15) is 11.5 Å². The van der Waals surface area contributed by atoms with E-state index < -0.39 is 0 Å². The zero-order valence-electron chi connectivity index (χ0n) is 8.79. The summed E-state index contributed by atoms with van der Waals surface area (Å²) in [7, 11) is 0. The van der Waals surface area contributed by atoms with Crippen LogP contribution in [0.15, 0.2) is 46.9 Å². The van der Waals surface area contributed by atoms with Gasteiger partial charge < -0.3 is 4.74 Å². The number of hydrogen-bond donors (Lipinski definition) is 0. The molecule has 0 unspecified atom stereocenters. The Morgan fingerprint density at radius 2 is 1.82 bits per heavy atom. The molecule has 0 bridgehead atoms. The van der Waals surface area contributed by atoms with Crippen molar-refractivity contribution < 1.29 is 4.74 Å². The molecule has 0 amide bonds. The van der Waals surface area contributed by atoms with Crippen molar-refractivity contribution in [2.45, 2.75) is 5.88 Å². The lowest BCUT2D eigenvalue weighted by atomic mass is 10.2. The van der Waals surface area contributed by atoms with Gasteiger partial charge in [-0.25, -0.2) is 0 Å². The number of benzene rings is 2. The van der Waals surface area contributed by atoms with Crippen molar-refractivity contribution >= 4 is 39.1 Å². The van der Waals surface area contributed by atoms with Gasteiger partial charge in [0.25, 0.3) is 0 Å². The van der Waals surface area contributed by atoms with Gasteiger partial charge in [-0.2, -0.15) is 0 Å². The van der Waals surface area contributed by atoms with Gasteiger partial charge in [-0.15, -0.1) is 11.6 Å². The normalized spacial score (nSPS) is 10.3. The van der Waals surface area contributed by atoms with Crippen LogP contribution in [-0.4, -0.2) is 0 Å². The Morgan fingerprint density at radius 3 is 2.47 bits per heavy atom. The van der Waals surface area contributed by atoms with E-state index in [-0.39, 0.29) is 0 Å². The second-order valence-electron chi connectivity index (χ2n) is 3.45. The molecule has 0 atom stereocenters. The van der Waals surface area contributed by atoms with Crippen LogP contribution in [0.4, 0.5) is 0 Å². The van der Waals surface area contributed by atoms with Gasteiger partial charge in [-0.1, -0.05) is 39.7 Å². The zero-order chi connectivity index (χ0) is 12.3. The van der Waals surface area contributed by atoms with Crippen molar-refractivity contribution in [1.29, 1.82) is 0 Å². The molecular formula is C13H9BrCl2O. The molecule has 2 aromatic rings. The number of alkyl halides is 1. The van der Waals surface area contributed by atoms with Crippen LogP contribution in [0, 0.1) is 0 Å². The Bertz CT molecular complexity index is 529. The molecule has 17 heavy (non-hydrogen) atoms. The van der Waals surface area contributed by atoms with Crippen LogP contribution in [-0.2, 0) is 5.88 Å². The molecule has 2 rings (SSSR count). The Labute approximate surface area is 118 Å². The summed E-state index contributed by atoms with van der Waals surface area (Å²) in [4.78, 5) is 0. The Hall–Kier alpha value is -0.700. The van der Waals surface area contributed by atoms with Crippen molar-refractivity contribution in [1.82, 2.24) is 0 Å². The molecule has 0 aromatic heterocycles. The predicted molar refractivity (Wildman–Crippen MR) is 75.2 cm³/mol. The molecule has 0 aliphatic heterocycles. The highest BCUT2D eigenvalue weighted by Gasteiger charge is 2.03. The molecule has 0 fully saturated rings. The Kier molecular flexibility index (Phi) is 4.32. The first-order chi connectivity index (χ1) is 8.19. The molecule has 0 saturated heterocycles. The average molecular weight is 332 g/mol. The first-order valence-corrected chi connectivity index (χ1v) is 6.67. The van der Waals surface area contributed by atoms with Crippen LogP contribution >= 0.6 is 39.1 Å². The Balaban J connectivity index is 2.22. The molecule has 4 heteroatoms. The third-order valence-corrected chi connectivity index (χ3v) is 3.33. The highest BCUT2D eigenvalue weighted by atomic mass is 79.9. The Morgan fingerprint density at radius 1 is 1.06 bits per heavy atom. The van der Waals surface area contributed by atoms with Crippen LogP contribution in [0.5, 0.6) is 11.5 Å². The molecule has 88 valence electrons. The first-order valence-electron chi connectivity index (χ1n) is 4.97. The lowest BCUT2D eigenvalue weighted by Gasteiger charge is -2.07. The van der Waals surface area contributed by atoms with E-state index in [0.717, 1.165) is 15.8 Å².